The number of carbonyl (C=O) groups is 1. The minimum atomic E-state index is -4.78. The molecule has 9 heteroatoms. The number of hydrogen-bond donors (Lipinski definition) is 0. The number of nitrogens with zero attached hydrogens (tertiary/aromatic N) is 1. The van der Waals surface area contributed by atoms with Crippen molar-refractivity contribution in [1.82, 2.24) is 4.90 Å². The Bertz CT molecular complexity index is 453. The predicted molar refractivity (Wildman–Crippen MR) is 64.6 cm³/mol. The predicted octanol–water partition coefficient (Wildman–Crippen LogP) is 1.70. The molecule has 0 spiro atoms. The summed E-state index contributed by atoms with van der Waals surface area (Å²) >= 11 is 0. The first-order chi connectivity index (χ1) is 9.12. The molecule has 1 amide bonds. The van der Waals surface area contributed by atoms with Gasteiger partial charge in [-0.15, -0.1) is 0 Å². The third-order valence-corrected chi connectivity index (χ3v) is 4.97. The Hall–Kier alpha value is -0.860. The van der Waals surface area contributed by atoms with Gasteiger partial charge < -0.3 is 4.90 Å². The number of hydrogen-bond acceptors (Lipinski definition) is 3. The third kappa shape index (κ3) is 3.83. The molecule has 1 saturated heterocycles. The van der Waals surface area contributed by atoms with Crippen LogP contribution >= 0.6 is 0 Å². The second-order valence-corrected chi connectivity index (χ2v) is 7.06. The van der Waals surface area contributed by atoms with E-state index >= 15 is 0 Å². The largest absolute Gasteiger partial charge is 0.383 e. The third-order valence-electron chi connectivity index (χ3n) is 3.22. The van der Waals surface area contributed by atoms with E-state index in [1.807, 2.05) is 0 Å². The van der Waals surface area contributed by atoms with E-state index in [0.717, 1.165) is 0 Å². The molecule has 0 aromatic carbocycles. The highest BCUT2D eigenvalue weighted by molar-refractivity contribution is 7.91. The molecule has 1 aliphatic rings. The van der Waals surface area contributed by atoms with Crippen LogP contribution in [0.25, 0.3) is 0 Å². The second-order valence-electron chi connectivity index (χ2n) is 4.83. The molecule has 0 saturated carbocycles. The summed E-state index contributed by atoms with van der Waals surface area (Å²) < 4.78 is 73.6. The molecule has 1 aliphatic heterocycles. The van der Waals surface area contributed by atoms with E-state index in [9.17, 15) is 30.8 Å². The molecular formula is C11H17F4NO3S. The molecule has 1 atom stereocenters. The van der Waals surface area contributed by atoms with E-state index in [0.29, 0.717) is 17.7 Å². The lowest BCUT2D eigenvalue weighted by atomic mass is 10.1. The first-order valence-corrected chi connectivity index (χ1v) is 8.11. The number of halogens is 4. The first-order valence-electron chi connectivity index (χ1n) is 6.29. The van der Waals surface area contributed by atoms with Gasteiger partial charge in [0.15, 0.2) is 9.84 Å². The molecule has 4 nitrogen and oxygen atoms in total. The van der Waals surface area contributed by atoms with Gasteiger partial charge in [0, 0.05) is 12.6 Å². The van der Waals surface area contributed by atoms with Crippen LogP contribution in [-0.4, -0.2) is 55.7 Å². The van der Waals surface area contributed by atoms with Crippen molar-refractivity contribution in [3.05, 3.63) is 0 Å². The molecule has 0 aliphatic carbocycles. The first kappa shape index (κ1) is 17.2. The molecule has 0 N–H and O–H groups in total. The molecule has 0 aromatic rings. The van der Waals surface area contributed by atoms with Crippen molar-refractivity contribution < 1.29 is 30.8 Å². The van der Waals surface area contributed by atoms with Crippen LogP contribution in [0.5, 0.6) is 0 Å². The van der Waals surface area contributed by atoms with Gasteiger partial charge in [0.1, 0.15) is 0 Å². The van der Waals surface area contributed by atoms with Crippen molar-refractivity contribution in [1.29, 1.82) is 0 Å². The van der Waals surface area contributed by atoms with Crippen LogP contribution in [-0.2, 0) is 14.6 Å². The summed E-state index contributed by atoms with van der Waals surface area (Å²) in [7, 11) is -3.39. The van der Waals surface area contributed by atoms with Gasteiger partial charge in [-0.25, -0.2) is 17.2 Å². The topological polar surface area (TPSA) is 54.5 Å². The molecule has 0 aromatic heterocycles. The maximum atomic E-state index is 13.2. The summed E-state index contributed by atoms with van der Waals surface area (Å²) in [6, 6.07) is -0.941. The number of amides is 1. The summed E-state index contributed by atoms with van der Waals surface area (Å²) in [4.78, 5) is 12.2. The van der Waals surface area contributed by atoms with Crippen LogP contribution in [0.3, 0.4) is 0 Å². The van der Waals surface area contributed by atoms with Gasteiger partial charge in [-0.05, 0) is 12.8 Å². The van der Waals surface area contributed by atoms with Gasteiger partial charge >= 0.3 is 12.3 Å². The molecular weight excluding hydrogens is 302 g/mol. The molecule has 20 heavy (non-hydrogen) atoms. The zero-order valence-electron chi connectivity index (χ0n) is 11.0. The number of rotatable bonds is 6. The van der Waals surface area contributed by atoms with Crippen LogP contribution in [0.4, 0.5) is 17.6 Å². The molecule has 0 radical (unpaired) electrons. The number of carbonyl (C=O) groups excluding carboxylic acids is 1. The summed E-state index contributed by atoms with van der Waals surface area (Å²) in [5, 5.41) is 0. The fraction of sp³-hybridized carbons (Fsp3) is 0.909. The van der Waals surface area contributed by atoms with Crippen molar-refractivity contribution >= 4 is 15.7 Å². The fourth-order valence-electron chi connectivity index (χ4n) is 2.08. The van der Waals surface area contributed by atoms with Crippen LogP contribution in [0.15, 0.2) is 0 Å². The lowest BCUT2D eigenvalue weighted by Gasteiger charge is -2.31. The number of unbranched alkanes of at least 4 members (excludes halogenated alkanes) is 1. The summed E-state index contributed by atoms with van der Waals surface area (Å²) in [5.74, 6) is -7.42. The Morgan fingerprint density at radius 1 is 1.40 bits per heavy atom. The number of alkyl halides is 4. The van der Waals surface area contributed by atoms with Crippen LogP contribution in [0.1, 0.15) is 26.2 Å². The normalized spacial score (nSPS) is 22.2. The van der Waals surface area contributed by atoms with E-state index in [4.69, 9.17) is 0 Å². The van der Waals surface area contributed by atoms with E-state index in [2.05, 4.69) is 0 Å². The fourth-order valence-corrected chi connectivity index (χ4v) is 3.82. The Morgan fingerprint density at radius 3 is 2.40 bits per heavy atom. The van der Waals surface area contributed by atoms with Gasteiger partial charge in [0.25, 0.3) is 5.91 Å². The molecule has 1 rings (SSSR count). The Labute approximate surface area is 115 Å². The Kier molecular flexibility index (Phi) is 5.39. The van der Waals surface area contributed by atoms with Gasteiger partial charge in [-0.1, -0.05) is 13.3 Å². The monoisotopic (exact) mass is 319 g/mol. The van der Waals surface area contributed by atoms with Gasteiger partial charge in [0.05, 0.1) is 11.5 Å². The minimum absolute atomic E-state index is 0.0110. The van der Waals surface area contributed by atoms with Gasteiger partial charge in [-0.2, -0.15) is 8.78 Å². The van der Waals surface area contributed by atoms with Gasteiger partial charge in [-0.3, -0.25) is 4.79 Å². The maximum Gasteiger partial charge on any atom is 0.383 e. The smallest absolute Gasteiger partial charge is 0.333 e. The Morgan fingerprint density at radius 2 is 2.00 bits per heavy atom. The summed E-state index contributed by atoms with van der Waals surface area (Å²) in [6.45, 7) is 1.61. The minimum Gasteiger partial charge on any atom is -0.333 e. The SMILES string of the molecule is CCCCN(C(=O)C(F)(F)C(F)F)C1CCS(=O)(=O)C1. The van der Waals surface area contributed by atoms with E-state index in [1.54, 1.807) is 6.92 Å². The average Bonchev–Trinajstić information content (AvgIpc) is 2.69. The number of sulfone groups is 1. The Balaban J connectivity index is 2.92. The molecule has 0 bridgehead atoms. The standard InChI is InChI=1S/C11H17F4NO3S/c1-2-3-5-16(8-4-6-20(18,19)7-8)10(17)11(14,15)9(12)13/h8-9H,2-7H2,1H3. The molecule has 1 heterocycles. The second kappa shape index (κ2) is 6.28. The maximum absolute atomic E-state index is 13.2. The van der Waals surface area contributed by atoms with Crippen LogP contribution < -0.4 is 0 Å². The molecule has 1 fully saturated rings. The van der Waals surface area contributed by atoms with Crippen molar-refractivity contribution in [3.63, 3.8) is 0 Å². The lowest BCUT2D eigenvalue weighted by molar-refractivity contribution is -0.182. The average molecular weight is 319 g/mol. The van der Waals surface area contributed by atoms with Crippen molar-refractivity contribution in [2.45, 2.75) is 44.6 Å². The van der Waals surface area contributed by atoms with Crippen molar-refractivity contribution in [2.75, 3.05) is 18.1 Å². The van der Waals surface area contributed by atoms with E-state index in [-0.39, 0.29) is 18.7 Å². The highest BCUT2D eigenvalue weighted by atomic mass is 32.2. The van der Waals surface area contributed by atoms with E-state index < -0.39 is 39.9 Å². The summed E-state index contributed by atoms with van der Waals surface area (Å²) in [6.07, 6.45) is -3.17. The zero-order valence-corrected chi connectivity index (χ0v) is 11.8. The summed E-state index contributed by atoms with van der Waals surface area (Å²) in [5.41, 5.74) is 0. The van der Waals surface area contributed by atoms with E-state index in [1.165, 1.54) is 0 Å². The highest BCUT2D eigenvalue weighted by Gasteiger charge is 2.53. The lowest BCUT2D eigenvalue weighted by Crippen LogP contribution is -2.52. The van der Waals surface area contributed by atoms with Crippen LogP contribution in [0, 0.1) is 0 Å². The molecule has 1 unspecified atom stereocenters. The van der Waals surface area contributed by atoms with Crippen molar-refractivity contribution in [2.24, 2.45) is 0 Å². The van der Waals surface area contributed by atoms with Gasteiger partial charge in [0.2, 0.25) is 0 Å². The molecule has 118 valence electrons. The quantitative estimate of drug-likeness (QED) is 0.700. The van der Waals surface area contributed by atoms with Crippen molar-refractivity contribution in [3.8, 4) is 0 Å². The van der Waals surface area contributed by atoms with Crippen LogP contribution in [0.2, 0.25) is 0 Å². The highest BCUT2D eigenvalue weighted by Crippen LogP contribution is 2.29. The zero-order chi connectivity index (χ0) is 15.6.